The van der Waals surface area contributed by atoms with Crippen LogP contribution < -0.4 is 0 Å². The van der Waals surface area contributed by atoms with Crippen LogP contribution in [0.4, 0.5) is 0 Å². The first-order valence-corrected chi connectivity index (χ1v) is 5.41. The van der Waals surface area contributed by atoms with Gasteiger partial charge in [0.05, 0.1) is 5.02 Å². The number of halogens is 1. The summed E-state index contributed by atoms with van der Waals surface area (Å²) in [5.74, 6) is -0.0927. The zero-order chi connectivity index (χ0) is 11.1. The van der Waals surface area contributed by atoms with E-state index in [1.54, 1.807) is 6.07 Å². The van der Waals surface area contributed by atoms with Crippen molar-refractivity contribution in [1.29, 1.82) is 0 Å². The Bertz CT molecular complexity index is 689. The summed E-state index contributed by atoms with van der Waals surface area (Å²) in [7, 11) is 0. The SMILES string of the molecule is [O]c1c(Cl)ccc2cc3ccccc3cc12. The molecule has 0 spiro atoms. The topological polar surface area (TPSA) is 19.9 Å². The summed E-state index contributed by atoms with van der Waals surface area (Å²) < 4.78 is 0. The van der Waals surface area contributed by atoms with Crippen LogP contribution in [0, 0.1) is 0 Å². The fraction of sp³-hybridized carbons (Fsp3) is 0. The third-order valence-electron chi connectivity index (χ3n) is 2.79. The number of hydrogen-bond acceptors (Lipinski definition) is 0. The van der Waals surface area contributed by atoms with Crippen LogP contribution in [0.3, 0.4) is 0 Å². The molecular formula is C14H8ClO. The van der Waals surface area contributed by atoms with E-state index in [1.807, 2.05) is 42.5 Å². The van der Waals surface area contributed by atoms with E-state index in [1.165, 1.54) is 0 Å². The fourth-order valence-electron chi connectivity index (χ4n) is 1.96. The van der Waals surface area contributed by atoms with Gasteiger partial charge < -0.3 is 0 Å². The van der Waals surface area contributed by atoms with Crippen molar-refractivity contribution in [3.05, 3.63) is 53.6 Å². The molecular weight excluding hydrogens is 220 g/mol. The molecule has 3 rings (SSSR count). The van der Waals surface area contributed by atoms with Crippen molar-refractivity contribution in [3.8, 4) is 5.75 Å². The van der Waals surface area contributed by atoms with E-state index in [0.717, 1.165) is 16.2 Å². The molecule has 0 saturated carbocycles. The highest BCUT2D eigenvalue weighted by Crippen LogP contribution is 2.35. The van der Waals surface area contributed by atoms with Gasteiger partial charge in [0.2, 0.25) is 5.75 Å². The van der Waals surface area contributed by atoms with Gasteiger partial charge in [-0.1, -0.05) is 41.9 Å². The molecule has 0 aromatic heterocycles. The Labute approximate surface area is 97.9 Å². The van der Waals surface area contributed by atoms with E-state index in [0.29, 0.717) is 5.39 Å². The maximum atomic E-state index is 11.8. The molecule has 0 N–H and O–H groups in total. The van der Waals surface area contributed by atoms with Gasteiger partial charge in [-0.3, -0.25) is 5.11 Å². The molecule has 0 bridgehead atoms. The molecule has 0 unspecified atom stereocenters. The van der Waals surface area contributed by atoms with Crippen LogP contribution in [0.1, 0.15) is 0 Å². The Morgan fingerprint density at radius 3 is 2.25 bits per heavy atom. The molecule has 0 atom stereocenters. The smallest absolute Gasteiger partial charge is 0.204 e. The lowest BCUT2D eigenvalue weighted by molar-refractivity contribution is 0.360. The lowest BCUT2D eigenvalue weighted by Crippen LogP contribution is -1.77. The maximum absolute atomic E-state index is 11.8. The van der Waals surface area contributed by atoms with E-state index < -0.39 is 0 Å². The van der Waals surface area contributed by atoms with Crippen molar-refractivity contribution < 1.29 is 5.11 Å². The molecule has 2 heteroatoms. The first-order chi connectivity index (χ1) is 7.75. The molecule has 0 amide bonds. The van der Waals surface area contributed by atoms with Crippen molar-refractivity contribution in [2.45, 2.75) is 0 Å². The van der Waals surface area contributed by atoms with Crippen LogP contribution in [0.5, 0.6) is 5.75 Å². The number of fused-ring (bicyclic) bond motifs is 2. The number of benzene rings is 3. The van der Waals surface area contributed by atoms with Gasteiger partial charge in [0.1, 0.15) is 0 Å². The molecule has 1 nitrogen and oxygen atoms in total. The first kappa shape index (κ1) is 9.49. The second-order valence-corrected chi connectivity index (χ2v) is 4.20. The molecule has 0 heterocycles. The van der Waals surface area contributed by atoms with E-state index in [-0.39, 0.29) is 10.8 Å². The zero-order valence-corrected chi connectivity index (χ0v) is 9.16. The molecule has 0 aliphatic heterocycles. The van der Waals surface area contributed by atoms with E-state index >= 15 is 0 Å². The predicted octanol–water partition coefficient (Wildman–Crippen LogP) is 4.79. The maximum Gasteiger partial charge on any atom is 0.204 e. The summed E-state index contributed by atoms with van der Waals surface area (Å²) in [6.45, 7) is 0. The third-order valence-corrected chi connectivity index (χ3v) is 3.09. The van der Waals surface area contributed by atoms with Crippen molar-refractivity contribution in [3.63, 3.8) is 0 Å². The molecule has 3 aromatic carbocycles. The average molecular weight is 228 g/mol. The van der Waals surface area contributed by atoms with Crippen LogP contribution in [0.15, 0.2) is 48.5 Å². The van der Waals surface area contributed by atoms with Gasteiger partial charge in [-0.15, -0.1) is 0 Å². The lowest BCUT2D eigenvalue weighted by Gasteiger charge is -2.03. The largest absolute Gasteiger partial charge is 0.288 e. The number of rotatable bonds is 0. The van der Waals surface area contributed by atoms with Crippen molar-refractivity contribution in [2.24, 2.45) is 0 Å². The Balaban J connectivity index is 2.51. The van der Waals surface area contributed by atoms with Crippen molar-refractivity contribution in [1.82, 2.24) is 0 Å². The van der Waals surface area contributed by atoms with Crippen LogP contribution in [0.2, 0.25) is 5.02 Å². The molecule has 1 radical (unpaired) electrons. The molecule has 0 aliphatic rings. The summed E-state index contributed by atoms with van der Waals surface area (Å²) in [5, 5.41) is 15.9. The third kappa shape index (κ3) is 1.33. The van der Waals surface area contributed by atoms with Gasteiger partial charge in [0, 0.05) is 5.39 Å². The Morgan fingerprint density at radius 2 is 1.50 bits per heavy atom. The lowest BCUT2D eigenvalue weighted by atomic mass is 10.0. The Kier molecular flexibility index (Phi) is 2.01. The Morgan fingerprint density at radius 1 is 0.812 bits per heavy atom. The highest BCUT2D eigenvalue weighted by molar-refractivity contribution is 6.33. The first-order valence-electron chi connectivity index (χ1n) is 5.04. The standard InChI is InChI=1S/C14H8ClO/c15-13-6-5-11-7-9-3-1-2-4-10(9)8-12(11)14(13)16/h1-8H. The molecule has 77 valence electrons. The molecule has 3 aromatic rings. The molecule has 0 saturated heterocycles. The second-order valence-electron chi connectivity index (χ2n) is 3.80. The van der Waals surface area contributed by atoms with Crippen molar-refractivity contribution in [2.75, 3.05) is 0 Å². The van der Waals surface area contributed by atoms with E-state index in [4.69, 9.17) is 11.6 Å². The monoisotopic (exact) mass is 227 g/mol. The normalized spacial score (nSPS) is 11.1. The summed E-state index contributed by atoms with van der Waals surface area (Å²) in [4.78, 5) is 0. The Hall–Kier alpha value is -1.73. The van der Waals surface area contributed by atoms with Crippen LogP contribution >= 0.6 is 11.6 Å². The summed E-state index contributed by atoms with van der Waals surface area (Å²) in [5.41, 5.74) is 0. The van der Waals surface area contributed by atoms with Gasteiger partial charge in [-0.25, -0.2) is 0 Å². The highest BCUT2D eigenvalue weighted by atomic mass is 35.5. The van der Waals surface area contributed by atoms with E-state index in [2.05, 4.69) is 0 Å². The summed E-state index contributed by atoms with van der Waals surface area (Å²) in [6, 6.07) is 15.4. The van der Waals surface area contributed by atoms with Gasteiger partial charge in [0.25, 0.3) is 0 Å². The minimum absolute atomic E-state index is 0.0927. The summed E-state index contributed by atoms with van der Waals surface area (Å²) >= 11 is 5.83. The quantitative estimate of drug-likeness (QED) is 0.492. The minimum Gasteiger partial charge on any atom is -0.288 e. The summed E-state index contributed by atoms with van der Waals surface area (Å²) in [6.07, 6.45) is 0. The highest BCUT2D eigenvalue weighted by Gasteiger charge is 2.07. The van der Waals surface area contributed by atoms with Gasteiger partial charge in [0.15, 0.2) is 0 Å². The van der Waals surface area contributed by atoms with Gasteiger partial charge in [-0.05, 0) is 34.4 Å². The molecule has 16 heavy (non-hydrogen) atoms. The molecule has 0 aliphatic carbocycles. The minimum atomic E-state index is -0.0927. The van der Waals surface area contributed by atoms with Crippen molar-refractivity contribution >= 4 is 33.1 Å². The molecule has 0 fully saturated rings. The van der Waals surface area contributed by atoms with Gasteiger partial charge in [-0.2, -0.15) is 0 Å². The zero-order valence-electron chi connectivity index (χ0n) is 8.41. The number of hydrogen-bond donors (Lipinski definition) is 0. The van der Waals surface area contributed by atoms with E-state index in [9.17, 15) is 5.11 Å². The predicted molar refractivity (Wildman–Crippen MR) is 66.6 cm³/mol. The van der Waals surface area contributed by atoms with Crippen LogP contribution in [0.25, 0.3) is 21.5 Å². The van der Waals surface area contributed by atoms with Gasteiger partial charge >= 0.3 is 0 Å². The van der Waals surface area contributed by atoms with Crippen LogP contribution in [-0.2, 0) is 5.11 Å². The second kappa shape index (κ2) is 3.39. The van der Waals surface area contributed by atoms with Crippen LogP contribution in [-0.4, -0.2) is 0 Å². The average Bonchev–Trinajstić information content (AvgIpc) is 2.32. The fourth-order valence-corrected chi connectivity index (χ4v) is 2.12.